The largest absolute Gasteiger partial charge is 0.308 e. The first-order valence-electron chi connectivity index (χ1n) is 20.4. The van der Waals surface area contributed by atoms with Gasteiger partial charge in [0.05, 0.1) is 16.7 Å². The molecule has 0 aliphatic rings. The zero-order valence-corrected chi connectivity index (χ0v) is 34.2. The minimum Gasteiger partial charge on any atom is -0.308 e. The Morgan fingerprint density at radius 2 is 0.869 bits per heavy atom. The molecule has 8 aromatic carbocycles. The van der Waals surface area contributed by atoms with Gasteiger partial charge in [-0.25, -0.2) is 23.7 Å². The molecule has 0 spiro atoms. The molecule has 61 heavy (non-hydrogen) atoms. The maximum atomic E-state index is 15.6. The molecule has 0 saturated carbocycles. The Labute approximate surface area is 353 Å². The number of fused-ring (bicyclic) bond motifs is 3. The predicted molar refractivity (Wildman–Crippen MR) is 246 cm³/mol. The minimum atomic E-state index is -0.915. The van der Waals surface area contributed by atoms with Gasteiger partial charge in [-0.3, -0.25) is 0 Å². The summed E-state index contributed by atoms with van der Waals surface area (Å²) < 4.78 is 32.7. The van der Waals surface area contributed by atoms with Crippen LogP contribution in [0.1, 0.15) is 22.3 Å². The number of aryl methyl sites for hydroxylation is 4. The number of hydrogen-bond donors (Lipinski definition) is 0. The third-order valence-corrected chi connectivity index (χ3v) is 11.6. The van der Waals surface area contributed by atoms with Gasteiger partial charge in [0.1, 0.15) is 0 Å². The van der Waals surface area contributed by atoms with E-state index >= 15 is 4.39 Å². The maximum absolute atomic E-state index is 15.6. The molecule has 0 aliphatic heterocycles. The molecule has 0 aliphatic carbocycles. The van der Waals surface area contributed by atoms with Crippen LogP contribution in [0.25, 0.3) is 95.0 Å². The van der Waals surface area contributed by atoms with Gasteiger partial charge in [-0.1, -0.05) is 139 Å². The quantitative estimate of drug-likeness (QED) is 0.161. The molecule has 294 valence electrons. The van der Waals surface area contributed by atoms with Crippen molar-refractivity contribution >= 4 is 21.8 Å². The van der Waals surface area contributed by atoms with Crippen molar-refractivity contribution in [2.45, 2.75) is 27.7 Å². The molecule has 0 atom stereocenters. The highest BCUT2D eigenvalue weighted by molar-refractivity contribution is 6.12. The number of nitrogens with zero attached hydrogens (tertiary/aromatic N) is 4. The second kappa shape index (κ2) is 15.2. The van der Waals surface area contributed by atoms with Gasteiger partial charge in [-0.15, -0.1) is 0 Å². The Morgan fingerprint density at radius 1 is 0.377 bits per heavy atom. The second-order valence-corrected chi connectivity index (χ2v) is 15.8. The van der Waals surface area contributed by atoms with Crippen LogP contribution in [0.3, 0.4) is 0 Å². The highest BCUT2D eigenvalue weighted by atomic mass is 19.2. The minimum absolute atomic E-state index is 0.145. The molecule has 4 nitrogen and oxygen atoms in total. The van der Waals surface area contributed by atoms with Crippen LogP contribution in [0.5, 0.6) is 0 Å². The summed E-state index contributed by atoms with van der Waals surface area (Å²) >= 11 is 0. The molecule has 2 aromatic heterocycles. The highest BCUT2D eigenvalue weighted by Gasteiger charge is 2.22. The molecule has 10 rings (SSSR count). The molecule has 0 radical (unpaired) electrons. The molecule has 0 bridgehead atoms. The molecule has 0 unspecified atom stereocenters. The van der Waals surface area contributed by atoms with Gasteiger partial charge < -0.3 is 4.57 Å². The van der Waals surface area contributed by atoms with Crippen LogP contribution in [0.2, 0.25) is 0 Å². The van der Waals surface area contributed by atoms with E-state index in [4.69, 9.17) is 15.0 Å². The van der Waals surface area contributed by atoms with E-state index in [2.05, 4.69) is 105 Å². The van der Waals surface area contributed by atoms with E-state index in [1.54, 1.807) is 6.07 Å². The Hall–Kier alpha value is -7.57. The van der Waals surface area contributed by atoms with Crippen LogP contribution in [0, 0.1) is 39.3 Å². The van der Waals surface area contributed by atoms with E-state index in [1.807, 2.05) is 78.9 Å². The van der Waals surface area contributed by atoms with Gasteiger partial charge >= 0.3 is 0 Å². The van der Waals surface area contributed by atoms with Gasteiger partial charge in [-0.05, 0) is 109 Å². The van der Waals surface area contributed by atoms with Crippen molar-refractivity contribution in [3.63, 3.8) is 0 Å². The van der Waals surface area contributed by atoms with E-state index in [-0.39, 0.29) is 5.56 Å². The van der Waals surface area contributed by atoms with Crippen molar-refractivity contribution in [2.75, 3.05) is 0 Å². The summed E-state index contributed by atoms with van der Waals surface area (Å²) in [5.74, 6) is -0.438. The highest BCUT2D eigenvalue weighted by Crippen LogP contribution is 2.42. The first kappa shape index (κ1) is 37.7. The summed E-state index contributed by atoms with van der Waals surface area (Å²) in [6.45, 7) is 8.55. The first-order chi connectivity index (χ1) is 29.7. The predicted octanol–water partition coefficient (Wildman–Crippen LogP) is 14.5. The lowest BCUT2D eigenvalue weighted by atomic mass is 9.95. The fourth-order valence-corrected chi connectivity index (χ4v) is 8.63. The van der Waals surface area contributed by atoms with E-state index in [1.165, 1.54) is 39.4 Å². The smallest absolute Gasteiger partial charge is 0.166 e. The first-order valence-corrected chi connectivity index (χ1v) is 20.4. The number of rotatable bonds is 7. The SMILES string of the molecule is Cc1ccc(-c2ccc3c(c2)c2cc(-c4ccc(C)cc4C)ccc2n3-c2ccc(-c3cccc(F)c3F)cc2-c2nc(-c3ccccc3)nc(-c3ccccc3)n2)c(C)c1. The molecule has 0 N–H and O–H groups in total. The van der Waals surface area contributed by atoms with Crippen LogP contribution < -0.4 is 0 Å². The van der Waals surface area contributed by atoms with Crippen molar-refractivity contribution in [1.82, 2.24) is 19.5 Å². The number of benzene rings is 8. The lowest BCUT2D eigenvalue weighted by molar-refractivity contribution is 0.511. The van der Waals surface area contributed by atoms with Gasteiger partial charge in [0.25, 0.3) is 0 Å². The van der Waals surface area contributed by atoms with Crippen LogP contribution in [-0.2, 0) is 0 Å². The molecule has 0 fully saturated rings. The lowest BCUT2D eigenvalue weighted by Gasteiger charge is -2.17. The Kier molecular flexibility index (Phi) is 9.41. The summed E-state index contributed by atoms with van der Waals surface area (Å²) in [7, 11) is 0. The van der Waals surface area contributed by atoms with Crippen molar-refractivity contribution in [1.29, 1.82) is 0 Å². The van der Waals surface area contributed by atoms with Crippen LogP contribution in [0.15, 0.2) is 170 Å². The summed E-state index contributed by atoms with van der Waals surface area (Å²) in [4.78, 5) is 15.2. The normalized spacial score (nSPS) is 11.4. The maximum Gasteiger partial charge on any atom is 0.166 e. The van der Waals surface area contributed by atoms with E-state index in [0.717, 1.165) is 55.8 Å². The summed E-state index contributed by atoms with van der Waals surface area (Å²) in [6.07, 6.45) is 0. The fourth-order valence-electron chi connectivity index (χ4n) is 8.63. The van der Waals surface area contributed by atoms with Crippen molar-refractivity contribution in [2.24, 2.45) is 0 Å². The van der Waals surface area contributed by atoms with Gasteiger partial charge in [-0.2, -0.15) is 0 Å². The Balaban J connectivity index is 1.29. The number of aromatic nitrogens is 4. The second-order valence-electron chi connectivity index (χ2n) is 15.8. The molecule has 0 saturated heterocycles. The van der Waals surface area contributed by atoms with Crippen molar-refractivity contribution < 1.29 is 8.78 Å². The van der Waals surface area contributed by atoms with E-state index < -0.39 is 11.6 Å². The Bertz CT molecular complexity index is 3150. The lowest BCUT2D eigenvalue weighted by Crippen LogP contribution is -2.04. The molecule has 2 heterocycles. The number of hydrogen-bond acceptors (Lipinski definition) is 3. The standard InChI is InChI=1S/C55H40F2N4/c1-33-18-23-42(35(3)28-33)39-20-25-49-45(30-39)46-31-40(43-24-19-34(2)29-36(43)4)21-26-50(46)61(49)51-27-22-41(44-16-11-17-48(56)52(44)57)32-47(51)55-59-53(37-12-7-5-8-13-37)58-54(60-55)38-14-9-6-10-15-38/h5-32H,1-4H3. The van der Waals surface area contributed by atoms with E-state index in [9.17, 15) is 4.39 Å². The summed E-state index contributed by atoms with van der Waals surface area (Å²) in [5, 5.41) is 2.16. The van der Waals surface area contributed by atoms with E-state index in [0.29, 0.717) is 28.6 Å². The molecule has 6 heteroatoms. The number of halogens is 2. The third kappa shape index (κ3) is 6.86. The summed E-state index contributed by atoms with van der Waals surface area (Å²) in [5.41, 5.74) is 15.1. The van der Waals surface area contributed by atoms with Crippen molar-refractivity contribution in [3.05, 3.63) is 204 Å². The van der Waals surface area contributed by atoms with Gasteiger partial charge in [0.15, 0.2) is 29.1 Å². The Morgan fingerprint density at radius 3 is 1.39 bits per heavy atom. The average Bonchev–Trinajstić information content (AvgIpc) is 3.60. The fraction of sp³-hybridized carbons (Fsp3) is 0.0727. The molecular formula is C55H40F2N4. The third-order valence-electron chi connectivity index (χ3n) is 11.6. The average molecular weight is 795 g/mol. The van der Waals surface area contributed by atoms with Gasteiger partial charge in [0, 0.05) is 33.0 Å². The summed E-state index contributed by atoms with van der Waals surface area (Å²) in [6, 6.07) is 56.0. The zero-order chi connectivity index (χ0) is 41.8. The van der Waals surface area contributed by atoms with Gasteiger partial charge in [0.2, 0.25) is 0 Å². The monoisotopic (exact) mass is 794 g/mol. The van der Waals surface area contributed by atoms with Crippen LogP contribution in [0.4, 0.5) is 8.78 Å². The molecule has 10 aromatic rings. The zero-order valence-electron chi connectivity index (χ0n) is 34.2. The van der Waals surface area contributed by atoms with Crippen LogP contribution in [-0.4, -0.2) is 19.5 Å². The molecule has 0 amide bonds. The topological polar surface area (TPSA) is 43.6 Å². The molecular weight excluding hydrogens is 755 g/mol. The van der Waals surface area contributed by atoms with Crippen LogP contribution >= 0.6 is 0 Å². The van der Waals surface area contributed by atoms with Crippen molar-refractivity contribution in [3.8, 4) is 73.2 Å².